The Hall–Kier alpha value is -5.68. The molecule has 0 radical (unpaired) electrons. The molecule has 6 aromatic rings. The molecule has 10 nitrogen and oxygen atoms in total. The number of allylic oxidation sites excluding steroid dienone is 1. The van der Waals surface area contributed by atoms with Gasteiger partial charge in [-0.05, 0) is 72.3 Å². The molecular weight excluding hydrogens is 590 g/mol. The van der Waals surface area contributed by atoms with Gasteiger partial charge in [-0.15, -0.1) is 10.2 Å². The molecule has 11 heteroatoms. The fraction of sp³-hybridized carbons (Fsp3) is 0.0882. The number of H-pyrrole nitrogens is 1. The summed E-state index contributed by atoms with van der Waals surface area (Å²) in [5.74, 6) is 1.98. The number of thioether (sulfide) groups is 1. The third kappa shape index (κ3) is 6.94. The molecule has 2 heterocycles. The zero-order chi connectivity index (χ0) is 31.2. The predicted molar refractivity (Wildman–Crippen MR) is 174 cm³/mol. The highest BCUT2D eigenvalue weighted by Crippen LogP contribution is 2.29. The Kier molecular flexibility index (Phi) is 8.70. The van der Waals surface area contributed by atoms with E-state index < -0.39 is 0 Å². The van der Waals surface area contributed by atoms with Crippen molar-refractivity contribution in [1.29, 1.82) is 0 Å². The van der Waals surface area contributed by atoms with Crippen LogP contribution in [0.15, 0.2) is 107 Å². The van der Waals surface area contributed by atoms with Crippen LogP contribution in [-0.4, -0.2) is 51.8 Å². The average molecular weight is 618 g/mol. The number of hydrogen-bond acceptors (Lipinski definition) is 9. The number of amides is 1. The molecule has 0 bridgehead atoms. The van der Waals surface area contributed by atoms with Gasteiger partial charge in [-0.2, -0.15) is 0 Å². The number of nitrogens with zero attached hydrogens (tertiary/aromatic N) is 3. The van der Waals surface area contributed by atoms with Crippen molar-refractivity contribution in [3.63, 3.8) is 0 Å². The molecule has 0 saturated carbocycles. The second-order valence-corrected chi connectivity index (χ2v) is 10.7. The van der Waals surface area contributed by atoms with Crippen LogP contribution < -0.4 is 14.8 Å². The summed E-state index contributed by atoms with van der Waals surface area (Å²) >= 11 is 1.14. The van der Waals surface area contributed by atoms with E-state index in [4.69, 9.17) is 13.9 Å². The maximum Gasteiger partial charge on any atom is 0.277 e. The number of fused-ring (bicyclic) bond motifs is 1. The lowest BCUT2D eigenvalue weighted by Gasteiger charge is -2.07. The van der Waals surface area contributed by atoms with Gasteiger partial charge < -0.3 is 24.2 Å². The Bertz CT molecular complexity index is 1970. The zero-order valence-corrected chi connectivity index (χ0v) is 25.1. The second-order valence-electron chi connectivity index (χ2n) is 9.78. The molecule has 1 amide bonds. The van der Waals surface area contributed by atoms with E-state index >= 15 is 0 Å². The highest BCUT2D eigenvalue weighted by molar-refractivity contribution is 7.99. The maximum absolute atomic E-state index is 12.6. The summed E-state index contributed by atoms with van der Waals surface area (Å²) in [6.45, 7) is 0. The van der Waals surface area contributed by atoms with Crippen molar-refractivity contribution >= 4 is 46.2 Å². The Balaban J connectivity index is 1.000. The minimum atomic E-state index is -0.248. The van der Waals surface area contributed by atoms with Gasteiger partial charge in [0.2, 0.25) is 11.8 Å². The molecule has 0 atom stereocenters. The molecule has 6 rings (SSSR count). The molecule has 4 aromatic carbocycles. The third-order valence-corrected chi connectivity index (χ3v) is 7.63. The van der Waals surface area contributed by atoms with E-state index in [1.807, 2.05) is 54.6 Å². The number of para-hydroxylation sites is 2. The minimum absolute atomic E-state index is 0.0708. The Morgan fingerprint density at radius 1 is 0.889 bits per heavy atom. The van der Waals surface area contributed by atoms with Crippen LogP contribution in [0.2, 0.25) is 0 Å². The van der Waals surface area contributed by atoms with Gasteiger partial charge in [0.1, 0.15) is 5.82 Å². The van der Waals surface area contributed by atoms with Gasteiger partial charge in [-0.25, -0.2) is 4.98 Å². The number of ether oxygens (including phenoxy) is 2. The fourth-order valence-electron chi connectivity index (χ4n) is 4.51. The zero-order valence-electron chi connectivity index (χ0n) is 24.3. The fourth-order valence-corrected chi connectivity index (χ4v) is 5.07. The summed E-state index contributed by atoms with van der Waals surface area (Å²) in [6, 6.07) is 27.6. The topological polar surface area (TPSA) is 132 Å². The van der Waals surface area contributed by atoms with Crippen LogP contribution in [0.4, 0.5) is 5.69 Å². The van der Waals surface area contributed by atoms with Gasteiger partial charge in [-0.1, -0.05) is 48.2 Å². The molecule has 45 heavy (non-hydrogen) atoms. The summed E-state index contributed by atoms with van der Waals surface area (Å²) in [4.78, 5) is 33.1. The number of ketones is 1. The van der Waals surface area contributed by atoms with Crippen molar-refractivity contribution < 1.29 is 23.5 Å². The standard InChI is InChI=1S/C34H27N5O5S/c1-42-29-18-8-21(19-30(29)43-2)7-17-28(40)22-13-15-25(16-14-22)35-31(41)20-45-34-39-38-33(44-34)24-11-9-23(10-12-24)32-36-26-5-3-4-6-27(26)37-32/h3-19H,20H2,1-2H3,(H,35,41)(H,36,37)/b17-7+. The van der Waals surface area contributed by atoms with Crippen LogP contribution in [0.3, 0.4) is 0 Å². The number of carbonyl (C=O) groups is 2. The molecule has 0 spiro atoms. The van der Waals surface area contributed by atoms with Crippen molar-refractivity contribution in [2.24, 2.45) is 0 Å². The molecule has 0 aliphatic rings. The quantitative estimate of drug-likeness (QED) is 0.0903. The molecule has 0 aliphatic carbocycles. The number of nitrogens with one attached hydrogen (secondary N) is 2. The lowest BCUT2D eigenvalue weighted by Crippen LogP contribution is -2.14. The number of benzene rings is 4. The van der Waals surface area contributed by atoms with E-state index in [-0.39, 0.29) is 22.7 Å². The molecule has 0 fully saturated rings. The third-order valence-electron chi connectivity index (χ3n) is 6.82. The minimum Gasteiger partial charge on any atom is -0.493 e. The van der Waals surface area contributed by atoms with Gasteiger partial charge in [0.25, 0.3) is 5.22 Å². The van der Waals surface area contributed by atoms with Crippen LogP contribution in [0.5, 0.6) is 11.5 Å². The Morgan fingerprint density at radius 3 is 2.40 bits per heavy atom. The van der Waals surface area contributed by atoms with Crippen molar-refractivity contribution in [1.82, 2.24) is 20.2 Å². The summed E-state index contributed by atoms with van der Waals surface area (Å²) in [5, 5.41) is 11.3. The van der Waals surface area contributed by atoms with E-state index in [9.17, 15) is 9.59 Å². The SMILES string of the molecule is COc1ccc(/C=C/C(=O)c2ccc(NC(=O)CSc3nnc(-c4ccc(-c5nc6ccccc6[nH]5)cc4)o3)cc2)cc1OC. The summed E-state index contributed by atoms with van der Waals surface area (Å²) in [7, 11) is 3.12. The molecule has 0 saturated heterocycles. The molecule has 0 aliphatic heterocycles. The Morgan fingerprint density at radius 2 is 1.64 bits per heavy atom. The summed E-state index contributed by atoms with van der Waals surface area (Å²) < 4.78 is 16.3. The first-order valence-corrected chi connectivity index (χ1v) is 14.8. The first kappa shape index (κ1) is 29.4. The lowest BCUT2D eigenvalue weighted by atomic mass is 10.1. The van der Waals surface area contributed by atoms with Crippen LogP contribution in [0, 0.1) is 0 Å². The number of carbonyl (C=O) groups excluding carboxylic acids is 2. The number of aromatic amines is 1. The van der Waals surface area contributed by atoms with Gasteiger partial charge in [0.05, 0.1) is 31.0 Å². The number of rotatable bonds is 11. The molecule has 2 aromatic heterocycles. The van der Waals surface area contributed by atoms with E-state index in [2.05, 4.69) is 25.5 Å². The second kappa shape index (κ2) is 13.3. The molecular formula is C34H27N5O5S. The number of anilines is 1. The number of hydrogen-bond donors (Lipinski definition) is 2. The number of imidazole rings is 1. The first-order chi connectivity index (χ1) is 22.0. The van der Waals surface area contributed by atoms with Crippen LogP contribution >= 0.6 is 11.8 Å². The van der Waals surface area contributed by atoms with Crippen LogP contribution in [0.1, 0.15) is 15.9 Å². The van der Waals surface area contributed by atoms with Crippen molar-refractivity contribution in [3.8, 4) is 34.3 Å². The van der Waals surface area contributed by atoms with Gasteiger partial charge in [0, 0.05) is 22.4 Å². The van der Waals surface area contributed by atoms with Crippen molar-refractivity contribution in [2.75, 3.05) is 25.3 Å². The van der Waals surface area contributed by atoms with Crippen LogP contribution in [0.25, 0.3) is 40.0 Å². The Labute approximate surface area is 262 Å². The summed E-state index contributed by atoms with van der Waals surface area (Å²) in [6.07, 6.45) is 3.19. The summed E-state index contributed by atoms with van der Waals surface area (Å²) in [5.41, 5.74) is 5.42. The van der Waals surface area contributed by atoms with Gasteiger partial charge in [-0.3, -0.25) is 9.59 Å². The van der Waals surface area contributed by atoms with Gasteiger partial charge >= 0.3 is 0 Å². The monoisotopic (exact) mass is 617 g/mol. The van der Waals surface area contributed by atoms with E-state index in [1.165, 1.54) is 6.08 Å². The maximum atomic E-state index is 12.6. The molecule has 224 valence electrons. The normalized spacial score (nSPS) is 11.2. The highest BCUT2D eigenvalue weighted by atomic mass is 32.2. The van der Waals surface area contributed by atoms with Crippen molar-refractivity contribution in [3.05, 3.63) is 108 Å². The van der Waals surface area contributed by atoms with E-state index in [0.29, 0.717) is 28.6 Å². The number of aromatic nitrogens is 4. The largest absolute Gasteiger partial charge is 0.493 e. The molecule has 2 N–H and O–H groups in total. The van der Waals surface area contributed by atoms with E-state index in [0.717, 1.165) is 45.3 Å². The first-order valence-electron chi connectivity index (χ1n) is 13.9. The van der Waals surface area contributed by atoms with Gasteiger partial charge in [0.15, 0.2) is 17.3 Å². The van der Waals surface area contributed by atoms with E-state index in [1.54, 1.807) is 56.7 Å². The molecule has 0 unspecified atom stereocenters. The average Bonchev–Trinajstić information content (AvgIpc) is 3.74. The van der Waals surface area contributed by atoms with Crippen molar-refractivity contribution in [2.45, 2.75) is 5.22 Å². The number of methoxy groups -OCH3 is 2. The highest BCUT2D eigenvalue weighted by Gasteiger charge is 2.13. The smallest absolute Gasteiger partial charge is 0.277 e. The lowest BCUT2D eigenvalue weighted by molar-refractivity contribution is -0.113. The predicted octanol–water partition coefficient (Wildman–Crippen LogP) is 6.92. The van der Waals surface area contributed by atoms with Crippen LogP contribution in [-0.2, 0) is 4.79 Å².